The van der Waals surface area contributed by atoms with Gasteiger partial charge in [-0.25, -0.2) is 4.39 Å². The van der Waals surface area contributed by atoms with Crippen LogP contribution in [0.5, 0.6) is 5.75 Å². The van der Waals surface area contributed by atoms with Gasteiger partial charge in [-0.15, -0.1) is 0 Å². The maximum absolute atomic E-state index is 13.7. The molecule has 1 unspecified atom stereocenters. The quantitative estimate of drug-likeness (QED) is 0.909. The van der Waals surface area contributed by atoms with Gasteiger partial charge in [0.1, 0.15) is 0 Å². The third kappa shape index (κ3) is 2.61. The van der Waals surface area contributed by atoms with E-state index < -0.39 is 0 Å². The minimum Gasteiger partial charge on any atom is -0.490 e. The molecule has 0 fully saturated rings. The molecule has 1 N–H and O–H groups in total. The molecule has 1 aliphatic heterocycles. The van der Waals surface area contributed by atoms with Crippen LogP contribution < -0.4 is 10.1 Å². The van der Waals surface area contributed by atoms with Gasteiger partial charge in [-0.1, -0.05) is 42.5 Å². The van der Waals surface area contributed by atoms with Gasteiger partial charge in [-0.3, -0.25) is 0 Å². The second-order valence-electron chi connectivity index (χ2n) is 4.71. The van der Waals surface area contributed by atoms with Crippen molar-refractivity contribution in [3.63, 3.8) is 0 Å². The smallest absolute Gasteiger partial charge is 0.165 e. The van der Waals surface area contributed by atoms with Gasteiger partial charge in [-0.2, -0.15) is 0 Å². The molecule has 3 heteroatoms. The summed E-state index contributed by atoms with van der Waals surface area (Å²) in [5.41, 5.74) is 2.15. The number of hydrogen-bond donors (Lipinski definition) is 1. The largest absolute Gasteiger partial charge is 0.490 e. The minimum absolute atomic E-state index is 0.152. The molecule has 0 aliphatic carbocycles. The molecule has 0 saturated heterocycles. The topological polar surface area (TPSA) is 21.3 Å². The molecular weight excluding hydrogens is 241 g/mol. The van der Waals surface area contributed by atoms with Crippen LogP contribution in [0.2, 0.25) is 0 Å². The van der Waals surface area contributed by atoms with Crippen LogP contribution in [-0.4, -0.2) is 6.61 Å². The molecule has 1 heterocycles. The van der Waals surface area contributed by atoms with Gasteiger partial charge in [0.2, 0.25) is 0 Å². The Kier molecular flexibility index (Phi) is 3.47. The van der Waals surface area contributed by atoms with E-state index in [0.717, 1.165) is 18.5 Å². The lowest BCUT2D eigenvalue weighted by atomic mass is 10.00. The number of nitrogens with one attached hydrogen (secondary N) is 1. The lowest BCUT2D eigenvalue weighted by molar-refractivity contribution is 0.240. The fourth-order valence-corrected chi connectivity index (χ4v) is 2.44. The number of halogens is 1. The summed E-state index contributed by atoms with van der Waals surface area (Å²) in [5.74, 6) is 0.128. The maximum atomic E-state index is 13.7. The van der Waals surface area contributed by atoms with E-state index in [4.69, 9.17) is 4.74 Å². The average Bonchev–Trinajstić information content (AvgIpc) is 2.47. The highest BCUT2D eigenvalue weighted by molar-refractivity contribution is 5.38. The number of para-hydroxylation sites is 1. The van der Waals surface area contributed by atoms with Crippen LogP contribution in [0.15, 0.2) is 48.5 Å². The van der Waals surface area contributed by atoms with Crippen molar-refractivity contribution in [3.8, 4) is 5.75 Å². The minimum atomic E-state index is -0.274. The summed E-state index contributed by atoms with van der Waals surface area (Å²) in [5, 5.41) is 3.47. The first-order valence-corrected chi connectivity index (χ1v) is 6.53. The van der Waals surface area contributed by atoms with E-state index in [-0.39, 0.29) is 11.9 Å². The molecule has 3 rings (SSSR count). The molecule has 0 spiro atoms. The van der Waals surface area contributed by atoms with Crippen molar-refractivity contribution in [2.45, 2.75) is 19.0 Å². The van der Waals surface area contributed by atoms with Crippen LogP contribution in [0.3, 0.4) is 0 Å². The first-order chi connectivity index (χ1) is 9.34. The molecule has 0 saturated carbocycles. The molecule has 19 heavy (non-hydrogen) atoms. The van der Waals surface area contributed by atoms with Crippen LogP contribution in [0.4, 0.5) is 4.39 Å². The highest BCUT2D eigenvalue weighted by Gasteiger charge is 2.23. The average molecular weight is 257 g/mol. The van der Waals surface area contributed by atoms with Gasteiger partial charge < -0.3 is 10.1 Å². The van der Waals surface area contributed by atoms with Gasteiger partial charge in [0.05, 0.1) is 6.61 Å². The Morgan fingerprint density at radius 3 is 2.79 bits per heavy atom. The molecule has 98 valence electrons. The first kappa shape index (κ1) is 12.2. The summed E-state index contributed by atoms with van der Waals surface area (Å²) in [7, 11) is 0. The zero-order valence-electron chi connectivity index (χ0n) is 10.6. The number of hydrogen-bond acceptors (Lipinski definition) is 2. The molecule has 0 amide bonds. The van der Waals surface area contributed by atoms with Crippen LogP contribution in [0.1, 0.15) is 23.6 Å². The molecule has 1 atom stereocenters. The number of fused-ring (bicyclic) bond motifs is 1. The predicted octanol–water partition coefficient (Wildman–Crippen LogP) is 3.44. The van der Waals surface area contributed by atoms with Gasteiger partial charge in [0.15, 0.2) is 11.6 Å². The van der Waals surface area contributed by atoms with Gasteiger partial charge in [-0.05, 0) is 11.6 Å². The third-order valence-electron chi connectivity index (χ3n) is 3.42. The van der Waals surface area contributed by atoms with Crippen molar-refractivity contribution < 1.29 is 9.13 Å². The first-order valence-electron chi connectivity index (χ1n) is 6.53. The Morgan fingerprint density at radius 2 is 1.95 bits per heavy atom. The van der Waals surface area contributed by atoms with E-state index in [9.17, 15) is 4.39 Å². The Morgan fingerprint density at radius 1 is 1.11 bits per heavy atom. The monoisotopic (exact) mass is 257 g/mol. The van der Waals surface area contributed by atoms with E-state index in [0.29, 0.717) is 12.4 Å². The number of rotatable bonds is 3. The summed E-state index contributed by atoms with van der Waals surface area (Å²) in [4.78, 5) is 0. The van der Waals surface area contributed by atoms with E-state index in [2.05, 4.69) is 17.4 Å². The van der Waals surface area contributed by atoms with E-state index >= 15 is 0 Å². The van der Waals surface area contributed by atoms with E-state index in [1.54, 1.807) is 6.07 Å². The fourth-order valence-electron chi connectivity index (χ4n) is 2.44. The molecule has 0 radical (unpaired) electrons. The summed E-state index contributed by atoms with van der Waals surface area (Å²) >= 11 is 0. The van der Waals surface area contributed by atoms with Crippen LogP contribution >= 0.6 is 0 Å². The van der Waals surface area contributed by atoms with E-state index in [1.165, 1.54) is 11.6 Å². The molecule has 2 aromatic carbocycles. The molecule has 2 nitrogen and oxygen atoms in total. The standard InChI is InChI=1S/C16H16FNO/c17-14-8-4-7-13-15(9-10-19-16(13)14)18-11-12-5-2-1-3-6-12/h1-8,15,18H,9-11H2. The Labute approximate surface area is 112 Å². The zero-order chi connectivity index (χ0) is 13.1. The highest BCUT2D eigenvalue weighted by atomic mass is 19.1. The SMILES string of the molecule is Fc1cccc2c1OCCC2NCc1ccccc1. The summed E-state index contributed by atoms with van der Waals surface area (Å²) in [6, 6.07) is 15.5. The molecule has 1 aliphatic rings. The summed E-state index contributed by atoms with van der Waals surface area (Å²) < 4.78 is 19.1. The van der Waals surface area contributed by atoms with Gasteiger partial charge >= 0.3 is 0 Å². The van der Waals surface area contributed by atoms with Crippen molar-refractivity contribution in [1.82, 2.24) is 5.32 Å². The molecular formula is C16H16FNO. The van der Waals surface area contributed by atoms with Crippen LogP contribution in [0.25, 0.3) is 0 Å². The van der Waals surface area contributed by atoms with Gasteiger partial charge in [0.25, 0.3) is 0 Å². The lowest BCUT2D eigenvalue weighted by Gasteiger charge is -2.27. The zero-order valence-corrected chi connectivity index (χ0v) is 10.6. The van der Waals surface area contributed by atoms with Crippen molar-refractivity contribution in [1.29, 1.82) is 0 Å². The van der Waals surface area contributed by atoms with Gasteiger partial charge in [0, 0.05) is 24.6 Å². The lowest BCUT2D eigenvalue weighted by Crippen LogP contribution is -2.27. The Hall–Kier alpha value is -1.87. The van der Waals surface area contributed by atoms with Crippen molar-refractivity contribution >= 4 is 0 Å². The van der Waals surface area contributed by atoms with Crippen molar-refractivity contribution in [2.75, 3.05) is 6.61 Å². The Balaban J connectivity index is 1.75. The normalized spacial score (nSPS) is 17.6. The summed E-state index contributed by atoms with van der Waals surface area (Å²) in [6.45, 7) is 1.34. The second kappa shape index (κ2) is 5.41. The fraction of sp³-hybridized carbons (Fsp3) is 0.250. The number of ether oxygens (including phenoxy) is 1. The summed E-state index contributed by atoms with van der Waals surface area (Å²) in [6.07, 6.45) is 0.864. The van der Waals surface area contributed by atoms with Crippen molar-refractivity contribution in [2.24, 2.45) is 0 Å². The van der Waals surface area contributed by atoms with Crippen LogP contribution in [0, 0.1) is 5.82 Å². The van der Waals surface area contributed by atoms with Crippen molar-refractivity contribution in [3.05, 3.63) is 65.5 Å². The predicted molar refractivity (Wildman–Crippen MR) is 72.5 cm³/mol. The second-order valence-corrected chi connectivity index (χ2v) is 4.71. The molecule has 0 bridgehead atoms. The maximum Gasteiger partial charge on any atom is 0.165 e. The third-order valence-corrected chi connectivity index (χ3v) is 3.42. The Bertz CT molecular complexity index is 556. The van der Waals surface area contributed by atoms with Crippen LogP contribution in [-0.2, 0) is 6.54 Å². The number of benzene rings is 2. The highest BCUT2D eigenvalue weighted by Crippen LogP contribution is 2.34. The molecule has 2 aromatic rings. The van der Waals surface area contributed by atoms with E-state index in [1.807, 2.05) is 24.3 Å². The molecule has 0 aromatic heterocycles.